The van der Waals surface area contributed by atoms with Crippen molar-refractivity contribution in [1.29, 1.82) is 0 Å². The Labute approximate surface area is 265 Å². The maximum Gasteiger partial charge on any atom is 0.339 e. The van der Waals surface area contributed by atoms with Gasteiger partial charge in [0.2, 0.25) is 0 Å². The maximum atomic E-state index is 13.3. The van der Waals surface area contributed by atoms with Gasteiger partial charge in [0.25, 0.3) is 0 Å². The van der Waals surface area contributed by atoms with Gasteiger partial charge in [-0.1, -0.05) is 66.7 Å². The molecule has 0 saturated carbocycles. The van der Waals surface area contributed by atoms with Gasteiger partial charge in [-0.05, 0) is 66.7 Å². The molecular formula is C32H26N4O8S2. The minimum absolute atomic E-state index is 0.0482. The topological polar surface area (TPSA) is 169 Å². The maximum absolute atomic E-state index is 13.3. The van der Waals surface area contributed by atoms with E-state index in [4.69, 9.17) is 8.37 Å². The first-order chi connectivity index (χ1) is 22.1. The zero-order chi connectivity index (χ0) is 32.6. The van der Waals surface area contributed by atoms with E-state index in [2.05, 4.69) is 21.3 Å². The first-order valence-electron chi connectivity index (χ1n) is 13.5. The van der Waals surface area contributed by atoms with E-state index in [1.54, 1.807) is 72.8 Å². The average molecular weight is 659 g/mol. The Morgan fingerprint density at radius 1 is 0.435 bits per heavy atom. The van der Waals surface area contributed by atoms with Crippen molar-refractivity contribution in [3.63, 3.8) is 0 Å². The first kappa shape index (κ1) is 31.6. The molecule has 0 bridgehead atoms. The Kier molecular flexibility index (Phi) is 9.50. The highest BCUT2D eigenvalue weighted by atomic mass is 32.2. The minimum Gasteiger partial charge on any atom is -0.377 e. The Morgan fingerprint density at radius 3 is 1.22 bits per heavy atom. The molecule has 4 amide bonds. The van der Waals surface area contributed by atoms with Gasteiger partial charge in [0.05, 0.1) is 11.4 Å². The van der Waals surface area contributed by atoms with Gasteiger partial charge in [-0.15, -0.1) is 0 Å². The summed E-state index contributed by atoms with van der Waals surface area (Å²) in [4.78, 5) is 24.0. The number of hydrogen-bond acceptors (Lipinski definition) is 8. The van der Waals surface area contributed by atoms with Crippen LogP contribution in [0.25, 0.3) is 0 Å². The van der Waals surface area contributed by atoms with E-state index in [1.807, 2.05) is 0 Å². The van der Waals surface area contributed by atoms with Crippen LogP contribution in [0.15, 0.2) is 143 Å². The number of amides is 4. The second-order valence-corrected chi connectivity index (χ2v) is 12.5. The Balaban J connectivity index is 1.31. The second-order valence-electron chi connectivity index (χ2n) is 9.43. The summed E-state index contributed by atoms with van der Waals surface area (Å²) < 4.78 is 63.6. The third kappa shape index (κ3) is 8.19. The van der Waals surface area contributed by atoms with E-state index in [-0.39, 0.29) is 22.9 Å². The summed E-state index contributed by atoms with van der Waals surface area (Å²) >= 11 is 0. The van der Waals surface area contributed by atoms with Gasteiger partial charge in [-0.2, -0.15) is 16.8 Å². The van der Waals surface area contributed by atoms with Gasteiger partial charge in [0.1, 0.15) is 9.79 Å². The average Bonchev–Trinajstić information content (AvgIpc) is 3.04. The number of rotatable bonds is 10. The Hall–Kier alpha value is -5.86. The van der Waals surface area contributed by atoms with Gasteiger partial charge in [0.15, 0.2) is 11.5 Å². The number of urea groups is 2. The zero-order valence-corrected chi connectivity index (χ0v) is 25.4. The smallest absolute Gasteiger partial charge is 0.339 e. The predicted octanol–water partition coefficient (Wildman–Crippen LogP) is 6.51. The van der Waals surface area contributed by atoms with Crippen LogP contribution in [0.4, 0.5) is 32.3 Å². The molecule has 234 valence electrons. The van der Waals surface area contributed by atoms with E-state index in [1.165, 1.54) is 42.5 Å². The second kappa shape index (κ2) is 13.8. The summed E-state index contributed by atoms with van der Waals surface area (Å²) in [6, 6.07) is 32.0. The molecular weight excluding hydrogens is 633 g/mol. The van der Waals surface area contributed by atoms with E-state index >= 15 is 0 Å². The van der Waals surface area contributed by atoms with Gasteiger partial charge in [0, 0.05) is 11.4 Å². The lowest BCUT2D eigenvalue weighted by Crippen LogP contribution is -2.21. The molecule has 4 N–H and O–H groups in total. The van der Waals surface area contributed by atoms with E-state index in [0.29, 0.717) is 11.4 Å². The monoisotopic (exact) mass is 658 g/mol. The largest absolute Gasteiger partial charge is 0.377 e. The molecule has 12 nitrogen and oxygen atoms in total. The predicted molar refractivity (Wildman–Crippen MR) is 173 cm³/mol. The molecule has 0 aliphatic carbocycles. The summed E-state index contributed by atoms with van der Waals surface area (Å²) in [5.41, 5.74) is 1.12. The quantitative estimate of drug-likeness (QED) is 0.123. The van der Waals surface area contributed by atoms with Crippen LogP contribution in [-0.2, 0) is 20.2 Å². The molecule has 0 unspecified atom stereocenters. The van der Waals surface area contributed by atoms with E-state index < -0.39 is 42.1 Å². The molecule has 46 heavy (non-hydrogen) atoms. The molecule has 5 rings (SSSR count). The van der Waals surface area contributed by atoms with Gasteiger partial charge in [-0.3, -0.25) is 0 Å². The number of para-hydroxylation sites is 6. The fourth-order valence-electron chi connectivity index (χ4n) is 4.02. The van der Waals surface area contributed by atoms with Crippen LogP contribution >= 0.6 is 0 Å². The molecule has 0 spiro atoms. The molecule has 0 atom stereocenters. The summed E-state index contributed by atoms with van der Waals surface area (Å²) in [6.07, 6.45) is 0. The molecule has 0 aliphatic heterocycles. The highest BCUT2D eigenvalue weighted by Gasteiger charge is 2.25. The van der Waals surface area contributed by atoms with E-state index in [0.717, 1.165) is 18.2 Å². The summed E-state index contributed by atoms with van der Waals surface area (Å²) in [7, 11) is -9.19. The van der Waals surface area contributed by atoms with Crippen LogP contribution in [0, 0.1) is 0 Å². The lowest BCUT2D eigenvalue weighted by molar-refractivity contribution is 0.261. The molecule has 5 aromatic rings. The van der Waals surface area contributed by atoms with Crippen LogP contribution in [0.3, 0.4) is 0 Å². The van der Waals surface area contributed by atoms with Crippen LogP contribution < -0.4 is 29.6 Å². The SMILES string of the molecule is O=C(Nc1ccccc1)Nc1ccccc1OS(=O)(=O)c1cccc(S(=O)(=O)Oc2ccccc2NC(=O)Nc2ccccc2)c1. The van der Waals surface area contributed by atoms with Crippen molar-refractivity contribution in [2.75, 3.05) is 21.3 Å². The van der Waals surface area contributed by atoms with Crippen LogP contribution in [0.1, 0.15) is 0 Å². The number of nitrogens with one attached hydrogen (secondary N) is 4. The number of benzene rings is 5. The Morgan fingerprint density at radius 2 is 0.804 bits per heavy atom. The van der Waals surface area contributed by atoms with Crippen molar-refractivity contribution < 1.29 is 34.8 Å². The van der Waals surface area contributed by atoms with Crippen LogP contribution in [-0.4, -0.2) is 28.9 Å². The van der Waals surface area contributed by atoms with Crippen molar-refractivity contribution in [3.8, 4) is 11.5 Å². The number of anilines is 4. The molecule has 0 aromatic heterocycles. The molecule has 0 aliphatic rings. The summed E-state index contributed by atoms with van der Waals surface area (Å²) in [5.74, 6) is -0.409. The standard InChI is InChI=1S/C32H26N4O8S2/c37-31(33-23-12-3-1-4-13-23)35-27-18-7-9-20-29(27)43-45(39,40)25-16-11-17-26(22-25)46(41,42)44-30-21-10-8-19-28(30)36-32(38)34-24-14-5-2-6-15-24/h1-22H,(H2,33,35,37)(H2,34,36,38). The van der Waals surface area contributed by atoms with Crippen molar-refractivity contribution in [1.82, 2.24) is 0 Å². The van der Waals surface area contributed by atoms with Crippen LogP contribution in [0.2, 0.25) is 0 Å². The zero-order valence-electron chi connectivity index (χ0n) is 23.8. The van der Waals surface area contributed by atoms with Crippen molar-refractivity contribution in [2.24, 2.45) is 0 Å². The van der Waals surface area contributed by atoms with Gasteiger partial charge >= 0.3 is 32.3 Å². The lowest BCUT2D eigenvalue weighted by Gasteiger charge is -2.14. The first-order valence-corrected chi connectivity index (χ1v) is 16.3. The van der Waals surface area contributed by atoms with Crippen molar-refractivity contribution in [2.45, 2.75) is 9.79 Å². The minimum atomic E-state index is -4.60. The van der Waals surface area contributed by atoms with Gasteiger partial charge in [-0.25, -0.2) is 9.59 Å². The highest BCUT2D eigenvalue weighted by Crippen LogP contribution is 2.30. The van der Waals surface area contributed by atoms with Crippen LogP contribution in [0.5, 0.6) is 11.5 Å². The lowest BCUT2D eigenvalue weighted by atomic mass is 10.3. The molecule has 5 aromatic carbocycles. The molecule has 0 fully saturated rings. The highest BCUT2D eigenvalue weighted by molar-refractivity contribution is 7.88. The third-order valence-electron chi connectivity index (χ3n) is 6.12. The van der Waals surface area contributed by atoms with Gasteiger partial charge < -0.3 is 29.6 Å². The number of carbonyl (C=O) groups is 2. The fraction of sp³-hybridized carbons (Fsp3) is 0. The number of carbonyl (C=O) groups excluding carboxylic acids is 2. The fourth-order valence-corrected chi connectivity index (χ4v) is 6.08. The molecule has 0 heterocycles. The summed E-state index contributed by atoms with van der Waals surface area (Å²) in [5, 5.41) is 10.3. The normalized spacial score (nSPS) is 11.1. The molecule has 0 radical (unpaired) electrons. The molecule has 0 saturated heterocycles. The number of hydrogen-bond donors (Lipinski definition) is 4. The Bertz CT molecular complexity index is 1930. The third-order valence-corrected chi connectivity index (χ3v) is 8.58. The van der Waals surface area contributed by atoms with Crippen molar-refractivity contribution in [3.05, 3.63) is 133 Å². The van der Waals surface area contributed by atoms with Crippen molar-refractivity contribution >= 4 is 55.0 Å². The molecule has 14 heteroatoms. The summed E-state index contributed by atoms with van der Waals surface area (Å²) in [6.45, 7) is 0. The van der Waals surface area contributed by atoms with E-state index in [9.17, 15) is 26.4 Å².